The van der Waals surface area contributed by atoms with E-state index in [0.717, 1.165) is 42.3 Å². The average molecular weight is 347 g/mol. The summed E-state index contributed by atoms with van der Waals surface area (Å²) in [4.78, 5) is 17.4. The van der Waals surface area contributed by atoms with Gasteiger partial charge in [0.15, 0.2) is 5.76 Å². The van der Waals surface area contributed by atoms with E-state index in [1.54, 1.807) is 12.3 Å². The number of hydrogen-bond donors (Lipinski definition) is 1. The molecule has 1 N–H and O–H groups in total. The molecule has 1 unspecified atom stereocenters. The van der Waals surface area contributed by atoms with Crippen LogP contribution >= 0.6 is 0 Å². The van der Waals surface area contributed by atoms with E-state index in [1.165, 1.54) is 0 Å². The Morgan fingerprint density at radius 2 is 2.19 bits per heavy atom. The molecular weight excluding hydrogens is 326 g/mol. The number of pyridine rings is 1. The summed E-state index contributed by atoms with van der Waals surface area (Å²) in [5.41, 5.74) is 5.76. The summed E-state index contributed by atoms with van der Waals surface area (Å²) >= 11 is 0. The first-order valence-corrected chi connectivity index (χ1v) is 9.04. The predicted octanol–water partition coefficient (Wildman–Crippen LogP) is 4.79. The van der Waals surface area contributed by atoms with Gasteiger partial charge in [-0.3, -0.25) is 4.79 Å². The fourth-order valence-corrected chi connectivity index (χ4v) is 3.46. The van der Waals surface area contributed by atoms with E-state index in [2.05, 4.69) is 22.4 Å². The zero-order valence-electron chi connectivity index (χ0n) is 14.7. The van der Waals surface area contributed by atoms with Crippen molar-refractivity contribution in [2.24, 2.45) is 11.0 Å². The van der Waals surface area contributed by atoms with Crippen molar-refractivity contribution in [3.8, 4) is 11.5 Å². The van der Waals surface area contributed by atoms with E-state index in [0.29, 0.717) is 22.9 Å². The molecule has 1 aliphatic carbocycles. The van der Waals surface area contributed by atoms with Crippen LogP contribution in [-0.4, -0.2) is 16.6 Å². The monoisotopic (exact) mass is 347 g/mol. The molecule has 0 spiro atoms. The Balaban J connectivity index is 1.66. The van der Waals surface area contributed by atoms with Crippen LogP contribution in [0, 0.1) is 5.92 Å². The molecule has 132 valence electrons. The Kier molecular flexibility index (Phi) is 4.52. The van der Waals surface area contributed by atoms with E-state index in [9.17, 15) is 4.79 Å². The first-order valence-electron chi connectivity index (χ1n) is 9.04. The average Bonchev–Trinajstić information content (AvgIpc) is 3.37. The van der Waals surface area contributed by atoms with Gasteiger partial charge in [-0.15, -0.1) is 0 Å². The van der Waals surface area contributed by atoms with Crippen LogP contribution in [0.5, 0.6) is 0 Å². The highest BCUT2D eigenvalue weighted by Crippen LogP contribution is 2.26. The van der Waals surface area contributed by atoms with Gasteiger partial charge < -0.3 is 4.42 Å². The standard InChI is InChI=1S/C21H21N3O2/c1-2-14-9-10-15(12-14)23-24-21(25)17-13-19(20-8-5-11-26-20)22-18-7-4-3-6-16(17)18/h3-8,11,13-14H,2,9-10,12H2,1H3,(H,24,25)/b23-15+. The number of para-hydroxylation sites is 1. The van der Waals surface area contributed by atoms with Crippen LogP contribution in [0.1, 0.15) is 43.0 Å². The lowest BCUT2D eigenvalue weighted by Crippen LogP contribution is -2.20. The molecule has 2 heterocycles. The highest BCUT2D eigenvalue weighted by atomic mass is 16.3. The number of nitrogens with one attached hydrogen (secondary N) is 1. The number of hydrogen-bond acceptors (Lipinski definition) is 4. The molecule has 0 saturated heterocycles. The van der Waals surface area contributed by atoms with Gasteiger partial charge in [-0.25, -0.2) is 10.4 Å². The minimum absolute atomic E-state index is 0.219. The third-order valence-corrected chi connectivity index (χ3v) is 4.99. The number of nitrogens with zero attached hydrogens (tertiary/aromatic N) is 2. The number of carbonyl (C=O) groups is 1. The van der Waals surface area contributed by atoms with Crippen molar-refractivity contribution in [2.45, 2.75) is 32.6 Å². The number of carbonyl (C=O) groups excluding carboxylic acids is 1. The van der Waals surface area contributed by atoms with Gasteiger partial charge in [-0.05, 0) is 49.4 Å². The van der Waals surface area contributed by atoms with E-state index < -0.39 is 0 Å². The van der Waals surface area contributed by atoms with Crippen LogP contribution in [0.4, 0.5) is 0 Å². The van der Waals surface area contributed by atoms with Crippen molar-refractivity contribution >= 4 is 22.5 Å². The lowest BCUT2D eigenvalue weighted by atomic mass is 10.1. The molecule has 1 aliphatic rings. The lowest BCUT2D eigenvalue weighted by molar-refractivity contribution is 0.0956. The van der Waals surface area contributed by atoms with E-state index in [-0.39, 0.29) is 5.91 Å². The van der Waals surface area contributed by atoms with Gasteiger partial charge in [-0.2, -0.15) is 5.10 Å². The summed E-state index contributed by atoms with van der Waals surface area (Å²) in [6, 6.07) is 13.0. The molecule has 0 aliphatic heterocycles. The Hall–Kier alpha value is -2.95. The number of rotatable bonds is 4. The minimum atomic E-state index is -0.219. The minimum Gasteiger partial charge on any atom is -0.463 e. The molecule has 5 heteroatoms. The smallest absolute Gasteiger partial charge is 0.272 e. The van der Waals surface area contributed by atoms with Crippen molar-refractivity contribution < 1.29 is 9.21 Å². The maximum Gasteiger partial charge on any atom is 0.272 e. The third-order valence-electron chi connectivity index (χ3n) is 4.99. The number of aromatic nitrogens is 1. The molecular formula is C21H21N3O2. The summed E-state index contributed by atoms with van der Waals surface area (Å²) in [5.74, 6) is 1.11. The number of amides is 1. The van der Waals surface area contributed by atoms with Crippen LogP contribution < -0.4 is 5.43 Å². The van der Waals surface area contributed by atoms with Crippen LogP contribution in [0.3, 0.4) is 0 Å². The second kappa shape index (κ2) is 7.12. The van der Waals surface area contributed by atoms with Crippen LogP contribution in [0.25, 0.3) is 22.4 Å². The Morgan fingerprint density at radius 3 is 2.96 bits per heavy atom. The number of benzene rings is 1. The molecule has 0 radical (unpaired) electrons. The first kappa shape index (κ1) is 16.5. The highest BCUT2D eigenvalue weighted by molar-refractivity contribution is 6.07. The summed E-state index contributed by atoms with van der Waals surface area (Å²) in [6.45, 7) is 2.20. The first-order chi connectivity index (χ1) is 12.7. The predicted molar refractivity (Wildman–Crippen MR) is 102 cm³/mol. The SMILES string of the molecule is CCC1CC/C(=N\NC(=O)c2cc(-c3ccco3)nc3ccccc23)C1. The Morgan fingerprint density at radius 1 is 1.31 bits per heavy atom. The molecule has 1 atom stereocenters. The van der Waals surface area contributed by atoms with Crippen LogP contribution in [-0.2, 0) is 0 Å². The van der Waals surface area contributed by atoms with Crippen molar-refractivity contribution in [1.82, 2.24) is 10.4 Å². The zero-order chi connectivity index (χ0) is 17.9. The van der Waals surface area contributed by atoms with Gasteiger partial charge in [0.1, 0.15) is 5.69 Å². The van der Waals surface area contributed by atoms with Gasteiger partial charge in [0.2, 0.25) is 0 Å². The summed E-state index contributed by atoms with van der Waals surface area (Å²) in [5, 5.41) is 5.17. The van der Waals surface area contributed by atoms with E-state index in [4.69, 9.17) is 4.42 Å². The normalized spacial score (nSPS) is 18.5. The zero-order valence-corrected chi connectivity index (χ0v) is 14.7. The van der Waals surface area contributed by atoms with Gasteiger partial charge in [0, 0.05) is 11.1 Å². The topological polar surface area (TPSA) is 67.5 Å². The second-order valence-electron chi connectivity index (χ2n) is 6.69. The third kappa shape index (κ3) is 3.25. The van der Waals surface area contributed by atoms with Crippen molar-refractivity contribution in [3.63, 3.8) is 0 Å². The number of hydrazone groups is 1. The molecule has 1 amide bonds. The van der Waals surface area contributed by atoms with Gasteiger partial charge in [0.05, 0.1) is 17.3 Å². The molecule has 26 heavy (non-hydrogen) atoms. The highest BCUT2D eigenvalue weighted by Gasteiger charge is 2.20. The summed E-state index contributed by atoms with van der Waals surface area (Å²) in [6.07, 6.45) is 5.86. The quantitative estimate of drug-likeness (QED) is 0.690. The van der Waals surface area contributed by atoms with Gasteiger partial charge >= 0.3 is 0 Å². The Bertz CT molecular complexity index is 961. The van der Waals surface area contributed by atoms with Crippen LogP contribution in [0.2, 0.25) is 0 Å². The fraction of sp³-hybridized carbons (Fsp3) is 0.286. The molecule has 5 nitrogen and oxygen atoms in total. The molecule has 4 rings (SSSR count). The van der Waals surface area contributed by atoms with Crippen molar-refractivity contribution in [3.05, 3.63) is 54.3 Å². The molecule has 3 aromatic rings. The second-order valence-corrected chi connectivity index (χ2v) is 6.69. The Labute approximate surface area is 152 Å². The summed E-state index contributed by atoms with van der Waals surface area (Å²) < 4.78 is 5.45. The summed E-state index contributed by atoms with van der Waals surface area (Å²) in [7, 11) is 0. The van der Waals surface area contributed by atoms with Crippen LogP contribution in [0.15, 0.2) is 58.2 Å². The fourth-order valence-electron chi connectivity index (χ4n) is 3.46. The molecule has 1 saturated carbocycles. The maximum atomic E-state index is 12.8. The largest absolute Gasteiger partial charge is 0.463 e. The number of furan rings is 1. The van der Waals surface area contributed by atoms with E-state index >= 15 is 0 Å². The number of fused-ring (bicyclic) bond motifs is 1. The van der Waals surface area contributed by atoms with Gasteiger partial charge in [-0.1, -0.05) is 31.5 Å². The molecule has 1 aromatic carbocycles. The molecule has 1 fully saturated rings. The molecule has 2 aromatic heterocycles. The molecule has 0 bridgehead atoms. The van der Waals surface area contributed by atoms with Crippen molar-refractivity contribution in [2.75, 3.05) is 0 Å². The van der Waals surface area contributed by atoms with Crippen molar-refractivity contribution in [1.29, 1.82) is 0 Å². The van der Waals surface area contributed by atoms with Gasteiger partial charge in [0.25, 0.3) is 5.91 Å². The maximum absolute atomic E-state index is 12.8. The lowest BCUT2D eigenvalue weighted by Gasteiger charge is -2.08. The van der Waals surface area contributed by atoms with E-state index in [1.807, 2.05) is 36.4 Å².